The van der Waals surface area contributed by atoms with E-state index in [1.807, 2.05) is 38.1 Å². The van der Waals surface area contributed by atoms with Crippen molar-refractivity contribution < 1.29 is 8.78 Å². The van der Waals surface area contributed by atoms with Crippen LogP contribution in [0.15, 0.2) is 42.5 Å². The standard InChI is InChI=1S/C16H16ClF2N/c1-10(12-4-3-5-14(17)6-12)20-11(2)13-7-15(18)9-16(19)8-13/h3-11,20H,1-2H3/t10-,11?/m0/s1. The van der Waals surface area contributed by atoms with Gasteiger partial charge in [0, 0.05) is 23.2 Å². The van der Waals surface area contributed by atoms with E-state index in [1.54, 1.807) is 0 Å². The van der Waals surface area contributed by atoms with Crippen LogP contribution in [0.25, 0.3) is 0 Å². The van der Waals surface area contributed by atoms with E-state index in [9.17, 15) is 8.78 Å². The molecule has 2 aromatic rings. The van der Waals surface area contributed by atoms with Crippen LogP contribution in [0.4, 0.5) is 8.78 Å². The Morgan fingerprint density at radius 1 is 0.900 bits per heavy atom. The molecule has 1 nitrogen and oxygen atoms in total. The normalized spacial score (nSPS) is 14.1. The molecule has 106 valence electrons. The minimum atomic E-state index is -0.566. The first-order valence-corrected chi connectivity index (χ1v) is 6.81. The van der Waals surface area contributed by atoms with Gasteiger partial charge < -0.3 is 5.32 Å². The Kier molecular flexibility index (Phi) is 4.73. The van der Waals surface area contributed by atoms with Gasteiger partial charge in [-0.2, -0.15) is 0 Å². The molecule has 20 heavy (non-hydrogen) atoms. The molecule has 0 bridgehead atoms. The zero-order chi connectivity index (χ0) is 14.7. The van der Waals surface area contributed by atoms with Gasteiger partial charge in [0.1, 0.15) is 11.6 Å². The molecule has 0 aliphatic rings. The SMILES string of the molecule is CC(N[C@@H](C)c1cccc(Cl)c1)c1cc(F)cc(F)c1. The van der Waals surface area contributed by atoms with Crippen molar-refractivity contribution in [1.29, 1.82) is 0 Å². The zero-order valence-corrected chi connectivity index (χ0v) is 12.1. The lowest BCUT2D eigenvalue weighted by Crippen LogP contribution is -2.22. The third kappa shape index (κ3) is 3.78. The quantitative estimate of drug-likeness (QED) is 0.834. The number of nitrogens with one attached hydrogen (secondary N) is 1. The predicted molar refractivity (Wildman–Crippen MR) is 77.8 cm³/mol. The fourth-order valence-electron chi connectivity index (χ4n) is 2.17. The van der Waals surface area contributed by atoms with E-state index in [2.05, 4.69) is 5.32 Å². The summed E-state index contributed by atoms with van der Waals surface area (Å²) in [5.41, 5.74) is 1.61. The number of halogens is 3. The third-order valence-corrected chi connectivity index (χ3v) is 3.47. The van der Waals surface area contributed by atoms with Gasteiger partial charge in [-0.05, 0) is 49.2 Å². The van der Waals surface area contributed by atoms with Gasteiger partial charge in [0.05, 0.1) is 0 Å². The molecule has 0 aromatic heterocycles. The first-order chi connectivity index (χ1) is 9.45. The summed E-state index contributed by atoms with van der Waals surface area (Å²) in [7, 11) is 0. The third-order valence-electron chi connectivity index (χ3n) is 3.23. The molecular formula is C16H16ClF2N. The van der Waals surface area contributed by atoms with Crippen molar-refractivity contribution in [2.45, 2.75) is 25.9 Å². The van der Waals surface area contributed by atoms with E-state index in [0.29, 0.717) is 10.6 Å². The smallest absolute Gasteiger partial charge is 0.126 e. The largest absolute Gasteiger partial charge is 0.304 e. The van der Waals surface area contributed by atoms with E-state index in [4.69, 9.17) is 11.6 Å². The Balaban J connectivity index is 2.12. The fourth-order valence-corrected chi connectivity index (χ4v) is 2.37. The maximum Gasteiger partial charge on any atom is 0.126 e. The van der Waals surface area contributed by atoms with E-state index >= 15 is 0 Å². The highest BCUT2D eigenvalue weighted by molar-refractivity contribution is 6.30. The van der Waals surface area contributed by atoms with Crippen LogP contribution in [0.1, 0.15) is 37.1 Å². The zero-order valence-electron chi connectivity index (χ0n) is 11.3. The van der Waals surface area contributed by atoms with Crippen LogP contribution in [0, 0.1) is 11.6 Å². The van der Waals surface area contributed by atoms with E-state index in [1.165, 1.54) is 12.1 Å². The molecular weight excluding hydrogens is 280 g/mol. The Labute approximate surface area is 122 Å². The van der Waals surface area contributed by atoms with E-state index in [0.717, 1.165) is 11.6 Å². The van der Waals surface area contributed by atoms with Gasteiger partial charge >= 0.3 is 0 Å². The van der Waals surface area contributed by atoms with Crippen LogP contribution in [-0.2, 0) is 0 Å². The second-order valence-corrected chi connectivity index (χ2v) is 5.30. The Morgan fingerprint density at radius 2 is 1.50 bits per heavy atom. The molecule has 4 heteroatoms. The summed E-state index contributed by atoms with van der Waals surface area (Å²) in [6.07, 6.45) is 0. The Morgan fingerprint density at radius 3 is 2.10 bits per heavy atom. The summed E-state index contributed by atoms with van der Waals surface area (Å²) in [4.78, 5) is 0. The average Bonchev–Trinajstić information content (AvgIpc) is 2.37. The predicted octanol–water partition coefficient (Wildman–Crippen LogP) is 5.03. The van der Waals surface area contributed by atoms with Gasteiger partial charge in [0.15, 0.2) is 0 Å². The van der Waals surface area contributed by atoms with Gasteiger partial charge in [-0.25, -0.2) is 8.78 Å². The molecule has 0 amide bonds. The minimum absolute atomic E-state index is 0.0232. The van der Waals surface area contributed by atoms with E-state index < -0.39 is 11.6 Å². The summed E-state index contributed by atoms with van der Waals surface area (Å²) in [5, 5.41) is 3.97. The highest BCUT2D eigenvalue weighted by atomic mass is 35.5. The van der Waals surface area contributed by atoms with E-state index in [-0.39, 0.29) is 12.1 Å². The first-order valence-electron chi connectivity index (χ1n) is 6.43. The molecule has 1 unspecified atom stereocenters. The monoisotopic (exact) mass is 295 g/mol. The van der Waals surface area contributed by atoms with Crippen LogP contribution in [0.5, 0.6) is 0 Å². The van der Waals surface area contributed by atoms with Crippen LogP contribution in [0.3, 0.4) is 0 Å². The summed E-state index contributed by atoms with van der Waals surface area (Å²) in [6, 6.07) is 10.9. The van der Waals surface area contributed by atoms with Crippen molar-refractivity contribution in [1.82, 2.24) is 5.32 Å². The minimum Gasteiger partial charge on any atom is -0.304 e. The van der Waals surface area contributed by atoms with Crippen molar-refractivity contribution in [2.75, 3.05) is 0 Å². The molecule has 0 saturated heterocycles. The van der Waals surface area contributed by atoms with Crippen molar-refractivity contribution >= 4 is 11.6 Å². The second kappa shape index (κ2) is 6.33. The summed E-state index contributed by atoms with van der Waals surface area (Å²) in [5.74, 6) is -1.13. The maximum atomic E-state index is 13.2. The molecule has 1 N–H and O–H groups in total. The van der Waals surface area contributed by atoms with Gasteiger partial charge in [-0.3, -0.25) is 0 Å². The fraction of sp³-hybridized carbons (Fsp3) is 0.250. The average molecular weight is 296 g/mol. The number of benzene rings is 2. The number of rotatable bonds is 4. The van der Waals surface area contributed by atoms with Gasteiger partial charge in [-0.15, -0.1) is 0 Å². The summed E-state index contributed by atoms with van der Waals surface area (Å²) in [6.45, 7) is 3.85. The summed E-state index contributed by atoms with van der Waals surface area (Å²) >= 11 is 5.96. The highest BCUT2D eigenvalue weighted by Crippen LogP contribution is 2.22. The molecule has 2 aromatic carbocycles. The number of hydrogen-bond acceptors (Lipinski definition) is 1. The van der Waals surface area contributed by atoms with Crippen molar-refractivity contribution in [3.8, 4) is 0 Å². The van der Waals surface area contributed by atoms with Crippen LogP contribution in [0.2, 0.25) is 5.02 Å². The van der Waals surface area contributed by atoms with Gasteiger partial charge in [0.2, 0.25) is 0 Å². The Hall–Kier alpha value is -1.45. The molecule has 0 aliphatic heterocycles. The summed E-state index contributed by atoms with van der Waals surface area (Å²) < 4.78 is 26.4. The lowest BCUT2D eigenvalue weighted by atomic mass is 10.0. The molecule has 2 rings (SSSR count). The lowest BCUT2D eigenvalue weighted by Gasteiger charge is -2.21. The first kappa shape index (κ1) is 14.9. The van der Waals surface area contributed by atoms with Crippen molar-refractivity contribution in [3.05, 3.63) is 70.2 Å². The van der Waals surface area contributed by atoms with Crippen LogP contribution >= 0.6 is 11.6 Å². The molecule has 0 fully saturated rings. The van der Waals surface area contributed by atoms with Gasteiger partial charge in [-0.1, -0.05) is 23.7 Å². The highest BCUT2D eigenvalue weighted by Gasteiger charge is 2.13. The molecule has 0 radical (unpaired) electrons. The molecule has 0 saturated carbocycles. The van der Waals surface area contributed by atoms with Crippen molar-refractivity contribution in [3.63, 3.8) is 0 Å². The lowest BCUT2D eigenvalue weighted by molar-refractivity contribution is 0.487. The van der Waals surface area contributed by atoms with Gasteiger partial charge in [0.25, 0.3) is 0 Å². The molecule has 0 spiro atoms. The van der Waals surface area contributed by atoms with Crippen molar-refractivity contribution in [2.24, 2.45) is 0 Å². The van der Waals surface area contributed by atoms with Crippen LogP contribution in [-0.4, -0.2) is 0 Å². The molecule has 0 heterocycles. The van der Waals surface area contributed by atoms with Crippen LogP contribution < -0.4 is 5.32 Å². The maximum absolute atomic E-state index is 13.2. The molecule has 0 aliphatic carbocycles. The number of hydrogen-bond donors (Lipinski definition) is 1. The topological polar surface area (TPSA) is 12.0 Å². The second-order valence-electron chi connectivity index (χ2n) is 4.87. The Bertz CT molecular complexity index is 581. The molecule has 2 atom stereocenters.